The summed E-state index contributed by atoms with van der Waals surface area (Å²) in [5.74, 6) is -8.11. The van der Waals surface area contributed by atoms with Gasteiger partial charge >= 0.3 is 5.97 Å². The van der Waals surface area contributed by atoms with Gasteiger partial charge in [-0.15, -0.1) is 11.3 Å². The summed E-state index contributed by atoms with van der Waals surface area (Å²) >= 11 is 6.79. The standard InChI is InChI=1S/C19H11ClF3NO4S/c1-28-16-12(21)6-10(14(22)15(16)23)17(25)24-18-13(19(26)27)11(7-29-18)8-3-2-4-9(20)5-8/h2-7H,1H3,(H,24,25)(H,26,27). The summed E-state index contributed by atoms with van der Waals surface area (Å²) in [5.41, 5.74) is -0.442. The zero-order valence-corrected chi connectivity index (χ0v) is 16.1. The Labute approximate surface area is 171 Å². The summed E-state index contributed by atoms with van der Waals surface area (Å²) in [7, 11) is 0.947. The molecule has 150 valence electrons. The van der Waals surface area contributed by atoms with Crippen LogP contribution in [-0.4, -0.2) is 24.1 Å². The molecule has 1 amide bonds. The average Bonchev–Trinajstić information content (AvgIpc) is 3.09. The van der Waals surface area contributed by atoms with Crippen LogP contribution in [0.15, 0.2) is 35.7 Å². The lowest BCUT2D eigenvalue weighted by molar-refractivity contribution is 0.0699. The van der Waals surface area contributed by atoms with Gasteiger partial charge < -0.3 is 15.2 Å². The first-order valence-electron chi connectivity index (χ1n) is 7.88. The third-order valence-electron chi connectivity index (χ3n) is 3.93. The van der Waals surface area contributed by atoms with Gasteiger partial charge in [-0.1, -0.05) is 23.7 Å². The van der Waals surface area contributed by atoms with Crippen molar-refractivity contribution in [1.82, 2.24) is 0 Å². The van der Waals surface area contributed by atoms with E-state index in [-0.39, 0.29) is 16.1 Å². The predicted octanol–water partition coefficient (Wildman–Crippen LogP) is 5.44. The average molecular weight is 442 g/mol. The number of carbonyl (C=O) groups is 2. The second kappa shape index (κ2) is 8.14. The minimum atomic E-state index is -1.66. The number of ether oxygens (including phenoxy) is 1. The molecular formula is C19H11ClF3NO4S. The summed E-state index contributed by atoms with van der Waals surface area (Å²) in [5, 5.41) is 13.5. The van der Waals surface area contributed by atoms with Crippen molar-refractivity contribution in [1.29, 1.82) is 0 Å². The molecular weight excluding hydrogens is 431 g/mol. The van der Waals surface area contributed by atoms with Crippen LogP contribution in [0.1, 0.15) is 20.7 Å². The minimum absolute atomic E-state index is 0.131. The van der Waals surface area contributed by atoms with Crippen LogP contribution >= 0.6 is 22.9 Å². The van der Waals surface area contributed by atoms with Crippen LogP contribution in [0.4, 0.5) is 18.2 Å². The number of benzene rings is 2. The first-order valence-corrected chi connectivity index (χ1v) is 9.13. The van der Waals surface area contributed by atoms with Crippen LogP contribution < -0.4 is 10.1 Å². The van der Waals surface area contributed by atoms with Gasteiger partial charge in [-0.3, -0.25) is 4.79 Å². The fraction of sp³-hybridized carbons (Fsp3) is 0.0526. The number of rotatable bonds is 5. The van der Waals surface area contributed by atoms with Gasteiger partial charge in [-0.05, 0) is 23.8 Å². The summed E-state index contributed by atoms with van der Waals surface area (Å²) in [4.78, 5) is 24.1. The molecule has 1 heterocycles. The van der Waals surface area contributed by atoms with Crippen molar-refractivity contribution in [3.63, 3.8) is 0 Å². The highest BCUT2D eigenvalue weighted by Gasteiger charge is 2.26. The molecule has 0 spiro atoms. The van der Waals surface area contributed by atoms with Gasteiger partial charge in [0, 0.05) is 16.0 Å². The maximum absolute atomic E-state index is 14.1. The van der Waals surface area contributed by atoms with E-state index >= 15 is 0 Å². The second-order valence-electron chi connectivity index (χ2n) is 5.69. The Bertz CT molecular complexity index is 1130. The van der Waals surface area contributed by atoms with Gasteiger partial charge in [-0.2, -0.15) is 4.39 Å². The molecule has 0 atom stereocenters. The van der Waals surface area contributed by atoms with Crippen molar-refractivity contribution in [3.8, 4) is 16.9 Å². The number of hydrogen-bond acceptors (Lipinski definition) is 4. The number of carboxylic acid groups (broad SMARTS) is 1. The van der Waals surface area contributed by atoms with Gasteiger partial charge in [-0.25, -0.2) is 13.6 Å². The van der Waals surface area contributed by atoms with Crippen molar-refractivity contribution < 1.29 is 32.6 Å². The Morgan fingerprint density at radius 2 is 1.90 bits per heavy atom. The topological polar surface area (TPSA) is 75.6 Å². The molecule has 2 aromatic carbocycles. The van der Waals surface area contributed by atoms with Crippen LogP contribution in [-0.2, 0) is 0 Å². The zero-order valence-electron chi connectivity index (χ0n) is 14.6. The van der Waals surface area contributed by atoms with Crippen molar-refractivity contribution in [2.75, 3.05) is 12.4 Å². The van der Waals surface area contributed by atoms with E-state index < -0.39 is 40.6 Å². The number of carboxylic acids is 1. The maximum Gasteiger partial charge on any atom is 0.339 e. The van der Waals surface area contributed by atoms with Crippen molar-refractivity contribution >= 4 is 39.8 Å². The number of nitrogens with one attached hydrogen (secondary N) is 1. The van der Waals surface area contributed by atoms with E-state index in [0.717, 1.165) is 18.4 Å². The Hall–Kier alpha value is -3.04. The van der Waals surface area contributed by atoms with Gasteiger partial charge in [0.1, 0.15) is 10.6 Å². The molecule has 0 bridgehead atoms. The van der Waals surface area contributed by atoms with Crippen molar-refractivity contribution in [2.24, 2.45) is 0 Å². The lowest BCUT2D eigenvalue weighted by Gasteiger charge is -2.10. The monoisotopic (exact) mass is 441 g/mol. The molecule has 10 heteroatoms. The Morgan fingerprint density at radius 3 is 2.52 bits per heavy atom. The third-order valence-corrected chi connectivity index (χ3v) is 5.06. The molecule has 3 aromatic rings. The highest BCUT2D eigenvalue weighted by atomic mass is 35.5. The molecule has 0 aliphatic carbocycles. The lowest BCUT2D eigenvalue weighted by atomic mass is 10.0. The van der Waals surface area contributed by atoms with Crippen LogP contribution in [0.3, 0.4) is 0 Å². The molecule has 5 nitrogen and oxygen atoms in total. The summed E-state index contributed by atoms with van der Waals surface area (Å²) in [6.07, 6.45) is 0. The van der Waals surface area contributed by atoms with Gasteiger partial charge in [0.15, 0.2) is 17.4 Å². The first-order chi connectivity index (χ1) is 13.7. The molecule has 0 radical (unpaired) electrons. The quantitative estimate of drug-likeness (QED) is 0.516. The van der Waals surface area contributed by atoms with E-state index in [2.05, 4.69) is 10.1 Å². The first kappa shape index (κ1) is 20.7. The Morgan fingerprint density at radius 1 is 1.17 bits per heavy atom. The predicted molar refractivity (Wildman–Crippen MR) is 103 cm³/mol. The largest absolute Gasteiger partial charge is 0.491 e. The fourth-order valence-electron chi connectivity index (χ4n) is 2.63. The zero-order chi connectivity index (χ0) is 21.3. The summed E-state index contributed by atoms with van der Waals surface area (Å²) < 4.78 is 46.3. The number of methoxy groups -OCH3 is 1. The van der Waals surface area contributed by atoms with E-state index in [0.29, 0.717) is 16.7 Å². The van der Waals surface area contributed by atoms with E-state index in [1.165, 1.54) is 11.4 Å². The molecule has 29 heavy (non-hydrogen) atoms. The van der Waals surface area contributed by atoms with E-state index in [1.54, 1.807) is 18.2 Å². The van der Waals surface area contributed by atoms with Crippen LogP contribution in [0, 0.1) is 17.5 Å². The number of carbonyl (C=O) groups excluding carboxylic acids is 1. The molecule has 1 aromatic heterocycles. The normalized spacial score (nSPS) is 10.7. The number of anilines is 1. The van der Waals surface area contributed by atoms with Crippen LogP contribution in [0.5, 0.6) is 5.75 Å². The van der Waals surface area contributed by atoms with Gasteiger partial charge in [0.25, 0.3) is 5.91 Å². The SMILES string of the molecule is COc1c(F)cc(C(=O)Nc2scc(-c3cccc(Cl)c3)c2C(=O)O)c(F)c1F. The molecule has 0 saturated heterocycles. The highest BCUT2D eigenvalue weighted by molar-refractivity contribution is 7.15. The number of amides is 1. The van der Waals surface area contributed by atoms with Crippen molar-refractivity contribution in [3.05, 3.63) is 69.3 Å². The number of thiophene rings is 1. The van der Waals surface area contributed by atoms with Crippen LogP contribution in [0.2, 0.25) is 5.02 Å². The molecule has 0 fully saturated rings. The van der Waals surface area contributed by atoms with Crippen LogP contribution in [0.25, 0.3) is 11.1 Å². The van der Waals surface area contributed by atoms with E-state index in [4.69, 9.17) is 11.6 Å². The summed E-state index contributed by atoms with van der Waals surface area (Å²) in [6.45, 7) is 0. The third kappa shape index (κ3) is 3.92. The Balaban J connectivity index is 2.01. The van der Waals surface area contributed by atoms with E-state index in [9.17, 15) is 27.9 Å². The lowest BCUT2D eigenvalue weighted by Crippen LogP contribution is -2.17. The second-order valence-corrected chi connectivity index (χ2v) is 7.01. The molecule has 0 aliphatic rings. The fourth-order valence-corrected chi connectivity index (χ4v) is 3.78. The molecule has 2 N–H and O–H groups in total. The molecule has 3 rings (SSSR count). The summed E-state index contributed by atoms with van der Waals surface area (Å²) in [6, 6.07) is 6.86. The van der Waals surface area contributed by atoms with Gasteiger partial charge in [0.2, 0.25) is 5.82 Å². The Kier molecular flexibility index (Phi) is 5.81. The maximum atomic E-state index is 14.1. The minimum Gasteiger partial charge on any atom is -0.491 e. The van der Waals surface area contributed by atoms with E-state index in [1.807, 2.05) is 0 Å². The highest BCUT2D eigenvalue weighted by Crippen LogP contribution is 2.37. The van der Waals surface area contributed by atoms with Crippen molar-refractivity contribution in [2.45, 2.75) is 0 Å². The molecule has 0 aliphatic heterocycles. The number of halogens is 4. The van der Waals surface area contributed by atoms with Gasteiger partial charge in [0.05, 0.1) is 12.7 Å². The number of hydrogen-bond donors (Lipinski definition) is 2. The number of aromatic carboxylic acids is 1. The smallest absolute Gasteiger partial charge is 0.339 e. The molecule has 0 unspecified atom stereocenters. The molecule has 0 saturated carbocycles.